The van der Waals surface area contributed by atoms with E-state index in [1.807, 2.05) is 0 Å². The smallest absolute Gasteiger partial charge is 0.304 e. The van der Waals surface area contributed by atoms with Crippen molar-refractivity contribution in [2.75, 3.05) is 13.6 Å². The summed E-state index contributed by atoms with van der Waals surface area (Å²) in [6.07, 6.45) is 1.10. The molecule has 0 aliphatic rings. The zero-order valence-corrected chi connectivity index (χ0v) is 10.6. The molecule has 1 N–H and O–H groups in total. The van der Waals surface area contributed by atoms with Gasteiger partial charge in [-0.2, -0.15) is 0 Å². The van der Waals surface area contributed by atoms with Crippen molar-refractivity contribution in [2.24, 2.45) is 0 Å². The highest BCUT2D eigenvalue weighted by Crippen LogP contribution is 2.21. The van der Waals surface area contributed by atoms with Gasteiger partial charge in [-0.25, -0.2) is 17.7 Å². The predicted molar refractivity (Wildman–Crippen MR) is 61.3 cm³/mol. The lowest BCUT2D eigenvalue weighted by molar-refractivity contribution is -0.137. The Morgan fingerprint density at radius 2 is 2.24 bits per heavy atom. The van der Waals surface area contributed by atoms with Crippen molar-refractivity contribution in [3.8, 4) is 0 Å². The second kappa shape index (κ2) is 5.44. The van der Waals surface area contributed by atoms with Crippen LogP contribution in [0, 0.1) is 0 Å². The van der Waals surface area contributed by atoms with Gasteiger partial charge in [-0.1, -0.05) is 11.6 Å². The Morgan fingerprint density at radius 1 is 1.59 bits per heavy atom. The Hall–Kier alpha value is -1.18. The van der Waals surface area contributed by atoms with Gasteiger partial charge in [-0.15, -0.1) is 0 Å². The van der Waals surface area contributed by atoms with E-state index in [-0.39, 0.29) is 23.0 Å². The largest absolute Gasteiger partial charge is 0.481 e. The van der Waals surface area contributed by atoms with Crippen LogP contribution in [0.25, 0.3) is 0 Å². The van der Waals surface area contributed by atoms with Crippen molar-refractivity contribution in [3.63, 3.8) is 0 Å². The Morgan fingerprint density at radius 3 is 2.76 bits per heavy atom. The molecule has 1 aromatic heterocycles. The molecule has 0 bridgehead atoms. The average molecular weight is 279 g/mol. The Labute approximate surface area is 104 Å². The number of carboxylic acids is 1. The number of rotatable bonds is 5. The molecule has 0 aliphatic heterocycles. The highest BCUT2D eigenvalue weighted by atomic mass is 35.5. The SMILES string of the molecule is CN(CCC(=O)O)S(=O)(=O)c1cccnc1Cl. The second-order valence-electron chi connectivity index (χ2n) is 3.26. The van der Waals surface area contributed by atoms with E-state index in [4.69, 9.17) is 16.7 Å². The van der Waals surface area contributed by atoms with Crippen molar-refractivity contribution < 1.29 is 18.3 Å². The molecular formula is C9H11ClN2O4S. The summed E-state index contributed by atoms with van der Waals surface area (Å²) in [7, 11) is -2.50. The molecule has 0 spiro atoms. The maximum absolute atomic E-state index is 12.0. The van der Waals surface area contributed by atoms with E-state index in [0.29, 0.717) is 0 Å². The fourth-order valence-corrected chi connectivity index (χ4v) is 2.70. The molecule has 1 aromatic rings. The minimum absolute atomic E-state index is 0.122. The van der Waals surface area contributed by atoms with Gasteiger partial charge in [0, 0.05) is 19.8 Å². The van der Waals surface area contributed by atoms with Gasteiger partial charge in [0.05, 0.1) is 6.42 Å². The Kier molecular flexibility index (Phi) is 4.44. The molecule has 0 radical (unpaired) electrons. The lowest BCUT2D eigenvalue weighted by atomic mass is 10.4. The second-order valence-corrected chi connectivity index (χ2v) is 5.63. The van der Waals surface area contributed by atoms with E-state index < -0.39 is 16.0 Å². The highest BCUT2D eigenvalue weighted by Gasteiger charge is 2.24. The van der Waals surface area contributed by atoms with Crippen LogP contribution in [0.4, 0.5) is 0 Å². The van der Waals surface area contributed by atoms with Crippen molar-refractivity contribution in [1.82, 2.24) is 9.29 Å². The number of halogens is 1. The van der Waals surface area contributed by atoms with Crippen LogP contribution in [-0.4, -0.2) is 42.4 Å². The topological polar surface area (TPSA) is 87.6 Å². The first kappa shape index (κ1) is 13.9. The molecule has 8 heteroatoms. The summed E-state index contributed by atoms with van der Waals surface area (Å²) in [4.78, 5) is 13.9. The third-order valence-electron chi connectivity index (χ3n) is 2.05. The van der Waals surface area contributed by atoms with Crippen molar-refractivity contribution in [1.29, 1.82) is 0 Å². The van der Waals surface area contributed by atoms with Gasteiger partial charge in [0.2, 0.25) is 10.0 Å². The van der Waals surface area contributed by atoms with Crippen LogP contribution in [0.1, 0.15) is 6.42 Å². The molecular weight excluding hydrogens is 268 g/mol. The maximum Gasteiger partial charge on any atom is 0.304 e. The first-order valence-corrected chi connectivity index (χ1v) is 6.46. The third-order valence-corrected chi connectivity index (χ3v) is 4.36. The van der Waals surface area contributed by atoms with Crippen LogP contribution in [-0.2, 0) is 14.8 Å². The molecule has 0 amide bonds. The van der Waals surface area contributed by atoms with Crippen molar-refractivity contribution in [3.05, 3.63) is 23.5 Å². The number of carboxylic acid groups (broad SMARTS) is 1. The maximum atomic E-state index is 12.0. The van der Waals surface area contributed by atoms with Crippen LogP contribution in [0.2, 0.25) is 5.15 Å². The van der Waals surface area contributed by atoms with Crippen LogP contribution >= 0.6 is 11.6 Å². The molecule has 0 saturated heterocycles. The molecule has 0 fully saturated rings. The fraction of sp³-hybridized carbons (Fsp3) is 0.333. The fourth-order valence-electron chi connectivity index (χ4n) is 1.10. The average Bonchev–Trinajstić information content (AvgIpc) is 2.26. The number of aromatic nitrogens is 1. The number of aliphatic carboxylic acids is 1. The number of nitrogens with zero attached hydrogens (tertiary/aromatic N) is 2. The quantitative estimate of drug-likeness (QED) is 0.806. The van der Waals surface area contributed by atoms with Gasteiger partial charge >= 0.3 is 5.97 Å². The van der Waals surface area contributed by atoms with E-state index in [1.54, 1.807) is 0 Å². The molecule has 0 aromatic carbocycles. The van der Waals surface area contributed by atoms with Crippen LogP contribution in [0.15, 0.2) is 23.2 Å². The van der Waals surface area contributed by atoms with E-state index in [9.17, 15) is 13.2 Å². The van der Waals surface area contributed by atoms with Gasteiger partial charge in [0.15, 0.2) is 0 Å². The summed E-state index contributed by atoms with van der Waals surface area (Å²) in [5, 5.41) is 8.36. The van der Waals surface area contributed by atoms with E-state index >= 15 is 0 Å². The summed E-state index contributed by atoms with van der Waals surface area (Å²) in [6.45, 7) is -0.122. The molecule has 0 unspecified atom stereocenters. The summed E-state index contributed by atoms with van der Waals surface area (Å²) in [6, 6.07) is 2.77. The number of carbonyl (C=O) groups is 1. The van der Waals surface area contributed by atoms with Gasteiger partial charge in [-0.05, 0) is 12.1 Å². The Bertz CT molecular complexity index is 517. The van der Waals surface area contributed by atoms with Gasteiger partial charge < -0.3 is 5.11 Å². The summed E-state index contributed by atoms with van der Waals surface area (Å²) >= 11 is 5.68. The van der Waals surface area contributed by atoms with E-state index in [1.165, 1.54) is 25.4 Å². The predicted octanol–water partition coefficient (Wildman–Crippen LogP) is 0.830. The van der Waals surface area contributed by atoms with Gasteiger partial charge in [0.1, 0.15) is 10.0 Å². The molecule has 0 aliphatic carbocycles. The zero-order chi connectivity index (χ0) is 13.1. The summed E-state index contributed by atoms with van der Waals surface area (Å²) < 4.78 is 24.9. The first-order chi connectivity index (χ1) is 7.85. The molecule has 17 heavy (non-hydrogen) atoms. The number of sulfonamides is 1. The van der Waals surface area contributed by atoms with Crippen LogP contribution in [0.3, 0.4) is 0 Å². The van der Waals surface area contributed by atoms with Gasteiger partial charge in [0.25, 0.3) is 0 Å². The number of hydrogen-bond acceptors (Lipinski definition) is 4. The monoisotopic (exact) mass is 278 g/mol. The highest BCUT2D eigenvalue weighted by molar-refractivity contribution is 7.89. The van der Waals surface area contributed by atoms with E-state index in [2.05, 4.69) is 4.98 Å². The third kappa shape index (κ3) is 3.39. The minimum atomic E-state index is -3.79. The summed E-state index contributed by atoms with van der Waals surface area (Å²) in [5.74, 6) is -1.07. The molecule has 94 valence electrons. The zero-order valence-electron chi connectivity index (χ0n) is 9.00. The lowest BCUT2D eigenvalue weighted by Crippen LogP contribution is -2.29. The normalized spacial score (nSPS) is 11.7. The van der Waals surface area contributed by atoms with Crippen LogP contribution in [0.5, 0.6) is 0 Å². The standard InChI is InChI=1S/C9H11ClN2O4S/c1-12(6-4-8(13)14)17(15,16)7-3-2-5-11-9(7)10/h2-3,5H,4,6H2,1H3,(H,13,14). The van der Waals surface area contributed by atoms with Crippen LogP contribution < -0.4 is 0 Å². The number of pyridine rings is 1. The molecule has 1 heterocycles. The minimum Gasteiger partial charge on any atom is -0.481 e. The van der Waals surface area contributed by atoms with Crippen molar-refractivity contribution in [2.45, 2.75) is 11.3 Å². The van der Waals surface area contributed by atoms with Crippen molar-refractivity contribution >= 4 is 27.6 Å². The van der Waals surface area contributed by atoms with Gasteiger partial charge in [-0.3, -0.25) is 4.79 Å². The molecule has 0 saturated carbocycles. The Balaban J connectivity index is 2.96. The molecule has 0 atom stereocenters. The molecule has 1 rings (SSSR count). The number of hydrogen-bond donors (Lipinski definition) is 1. The summed E-state index contributed by atoms with van der Waals surface area (Å²) in [5.41, 5.74) is 0. The lowest BCUT2D eigenvalue weighted by Gasteiger charge is -2.16. The van der Waals surface area contributed by atoms with E-state index in [0.717, 1.165) is 4.31 Å². The first-order valence-electron chi connectivity index (χ1n) is 4.64. The molecule has 6 nitrogen and oxygen atoms in total.